The Kier molecular flexibility index (Phi) is 3.79. The summed E-state index contributed by atoms with van der Waals surface area (Å²) in [5.41, 5.74) is 6.35. The monoisotopic (exact) mass is 338 g/mol. The highest BCUT2D eigenvalue weighted by Gasteiger charge is 2.17. The fourth-order valence-electron chi connectivity index (χ4n) is 3.02. The zero-order valence-electron chi connectivity index (χ0n) is 14.0. The standard InChI is InChI=1S/C21H14N4O/c1-14-3-5-16(6-4-14)20-19(15-7-9-18(22-2)10-8-15)11-17(12-26)21-23-13-24-25(20)21/h3-13H,1H3. The van der Waals surface area contributed by atoms with Crippen molar-refractivity contribution >= 4 is 17.6 Å². The van der Waals surface area contributed by atoms with Gasteiger partial charge >= 0.3 is 0 Å². The van der Waals surface area contributed by atoms with E-state index in [0.29, 0.717) is 16.9 Å². The third-order valence-corrected chi connectivity index (χ3v) is 4.33. The number of carbonyl (C=O) groups is 1. The van der Waals surface area contributed by atoms with Crippen molar-refractivity contribution in [3.63, 3.8) is 0 Å². The Morgan fingerprint density at radius 3 is 2.38 bits per heavy atom. The van der Waals surface area contributed by atoms with Crippen molar-refractivity contribution in [1.82, 2.24) is 14.6 Å². The molecule has 0 unspecified atom stereocenters. The molecule has 0 aliphatic heterocycles. The van der Waals surface area contributed by atoms with Crippen LogP contribution in [0.2, 0.25) is 0 Å². The Labute approximate surface area is 150 Å². The molecule has 5 heteroatoms. The number of aryl methyl sites for hydroxylation is 1. The van der Waals surface area contributed by atoms with E-state index in [0.717, 1.165) is 34.2 Å². The zero-order chi connectivity index (χ0) is 18.1. The summed E-state index contributed by atoms with van der Waals surface area (Å²) in [5, 5.41) is 4.34. The number of aromatic nitrogens is 3. The second-order valence-electron chi connectivity index (χ2n) is 6.00. The second-order valence-corrected chi connectivity index (χ2v) is 6.00. The van der Waals surface area contributed by atoms with Gasteiger partial charge in [0.2, 0.25) is 0 Å². The van der Waals surface area contributed by atoms with Gasteiger partial charge in [-0.05, 0) is 18.6 Å². The van der Waals surface area contributed by atoms with Gasteiger partial charge < -0.3 is 0 Å². The maximum atomic E-state index is 11.6. The minimum absolute atomic E-state index is 0.475. The van der Waals surface area contributed by atoms with Gasteiger partial charge in [-0.3, -0.25) is 4.79 Å². The molecule has 0 fully saturated rings. The quantitative estimate of drug-likeness (QED) is 0.401. The van der Waals surface area contributed by atoms with Crippen molar-refractivity contribution in [2.24, 2.45) is 0 Å². The summed E-state index contributed by atoms with van der Waals surface area (Å²) in [5.74, 6) is 0. The Hall–Kier alpha value is -3.78. The van der Waals surface area contributed by atoms with Crippen LogP contribution in [0, 0.1) is 13.5 Å². The highest BCUT2D eigenvalue weighted by Crippen LogP contribution is 2.34. The molecule has 2 aromatic carbocycles. The fourth-order valence-corrected chi connectivity index (χ4v) is 3.02. The second kappa shape index (κ2) is 6.26. The van der Waals surface area contributed by atoms with Crippen LogP contribution in [-0.4, -0.2) is 20.9 Å². The van der Waals surface area contributed by atoms with Gasteiger partial charge in [0.15, 0.2) is 17.6 Å². The smallest absolute Gasteiger partial charge is 0.187 e. The minimum Gasteiger partial charge on any atom is -0.298 e. The number of hydrogen-bond donors (Lipinski definition) is 0. The number of nitrogens with zero attached hydrogens (tertiary/aromatic N) is 4. The highest BCUT2D eigenvalue weighted by atomic mass is 16.1. The number of fused-ring (bicyclic) bond motifs is 1. The van der Waals surface area contributed by atoms with Gasteiger partial charge in [-0.1, -0.05) is 54.1 Å². The fraction of sp³-hybridized carbons (Fsp3) is 0.0476. The molecule has 0 aliphatic carbocycles. The van der Waals surface area contributed by atoms with Crippen molar-refractivity contribution in [3.8, 4) is 22.4 Å². The van der Waals surface area contributed by atoms with Crippen molar-refractivity contribution in [1.29, 1.82) is 0 Å². The van der Waals surface area contributed by atoms with E-state index in [1.54, 1.807) is 16.6 Å². The van der Waals surface area contributed by atoms with E-state index in [9.17, 15) is 4.79 Å². The van der Waals surface area contributed by atoms with Gasteiger partial charge in [0.05, 0.1) is 17.8 Å². The molecule has 0 aliphatic rings. The van der Waals surface area contributed by atoms with Crippen LogP contribution < -0.4 is 0 Å². The van der Waals surface area contributed by atoms with Crippen LogP contribution in [0.1, 0.15) is 15.9 Å². The minimum atomic E-state index is 0.475. The highest BCUT2D eigenvalue weighted by molar-refractivity contribution is 5.92. The molecular formula is C21H14N4O. The van der Waals surface area contributed by atoms with Gasteiger partial charge in [0.1, 0.15) is 6.33 Å². The van der Waals surface area contributed by atoms with E-state index >= 15 is 0 Å². The van der Waals surface area contributed by atoms with E-state index in [1.807, 2.05) is 49.4 Å². The number of pyridine rings is 1. The zero-order valence-corrected chi connectivity index (χ0v) is 14.0. The molecule has 5 nitrogen and oxygen atoms in total. The number of hydrogen-bond acceptors (Lipinski definition) is 3. The lowest BCUT2D eigenvalue weighted by Crippen LogP contribution is -2.01. The van der Waals surface area contributed by atoms with E-state index < -0.39 is 0 Å². The molecule has 0 amide bonds. The molecule has 0 spiro atoms. The molecule has 124 valence electrons. The van der Waals surface area contributed by atoms with Gasteiger partial charge in [0, 0.05) is 11.1 Å². The third kappa shape index (κ3) is 2.54. The molecule has 4 aromatic rings. The third-order valence-electron chi connectivity index (χ3n) is 4.33. The lowest BCUT2D eigenvalue weighted by Gasteiger charge is -2.14. The Morgan fingerprint density at radius 1 is 1.04 bits per heavy atom. The first-order chi connectivity index (χ1) is 12.7. The molecule has 26 heavy (non-hydrogen) atoms. The van der Waals surface area contributed by atoms with Gasteiger partial charge in [0.25, 0.3) is 0 Å². The SMILES string of the molecule is [C-]#[N+]c1ccc(-c2cc(C=O)c3ncnn3c2-c2ccc(C)cc2)cc1. The maximum absolute atomic E-state index is 11.6. The van der Waals surface area contributed by atoms with E-state index in [2.05, 4.69) is 14.9 Å². The largest absolute Gasteiger partial charge is 0.298 e. The molecular weight excluding hydrogens is 324 g/mol. The van der Waals surface area contributed by atoms with Gasteiger partial charge in [-0.15, -0.1) is 0 Å². The number of aldehydes is 1. The Balaban J connectivity index is 2.06. The average molecular weight is 338 g/mol. The van der Waals surface area contributed by atoms with E-state index in [1.165, 1.54) is 6.33 Å². The van der Waals surface area contributed by atoms with Gasteiger partial charge in [-0.25, -0.2) is 14.3 Å². The molecule has 0 saturated carbocycles. The lowest BCUT2D eigenvalue weighted by molar-refractivity contribution is 0.112. The summed E-state index contributed by atoms with van der Waals surface area (Å²) in [6.45, 7) is 9.16. The first kappa shape index (κ1) is 15.7. The first-order valence-electron chi connectivity index (χ1n) is 8.08. The predicted octanol–water partition coefficient (Wildman–Crippen LogP) is 4.74. The van der Waals surface area contributed by atoms with E-state index in [-0.39, 0.29) is 0 Å². The Bertz CT molecular complexity index is 1150. The molecule has 2 aromatic heterocycles. The van der Waals surface area contributed by atoms with Crippen LogP contribution >= 0.6 is 0 Å². The molecule has 4 rings (SSSR count). The summed E-state index contributed by atoms with van der Waals surface area (Å²) in [6, 6.07) is 17.3. The summed E-state index contributed by atoms with van der Waals surface area (Å²) in [4.78, 5) is 19.2. The van der Waals surface area contributed by atoms with Gasteiger partial charge in [-0.2, -0.15) is 5.10 Å². The number of carbonyl (C=O) groups excluding carboxylic acids is 1. The van der Waals surface area contributed by atoms with Crippen molar-refractivity contribution in [3.05, 3.63) is 83.5 Å². The molecule has 0 bridgehead atoms. The summed E-state index contributed by atoms with van der Waals surface area (Å²) in [7, 11) is 0. The normalized spacial score (nSPS) is 10.6. The van der Waals surface area contributed by atoms with Crippen molar-refractivity contribution in [2.45, 2.75) is 6.92 Å². The van der Waals surface area contributed by atoms with Crippen molar-refractivity contribution < 1.29 is 4.79 Å². The predicted molar refractivity (Wildman–Crippen MR) is 100 cm³/mol. The number of benzene rings is 2. The topological polar surface area (TPSA) is 51.6 Å². The van der Waals surface area contributed by atoms with Crippen LogP contribution in [0.3, 0.4) is 0 Å². The van der Waals surface area contributed by atoms with Crippen LogP contribution in [0.25, 0.3) is 32.9 Å². The van der Waals surface area contributed by atoms with E-state index in [4.69, 9.17) is 6.57 Å². The summed E-state index contributed by atoms with van der Waals surface area (Å²) < 4.78 is 1.70. The van der Waals surface area contributed by atoms with Crippen LogP contribution in [0.15, 0.2) is 60.9 Å². The van der Waals surface area contributed by atoms with Crippen LogP contribution in [0.5, 0.6) is 0 Å². The Morgan fingerprint density at radius 2 is 1.73 bits per heavy atom. The summed E-state index contributed by atoms with van der Waals surface area (Å²) in [6.07, 6.45) is 2.24. The van der Waals surface area contributed by atoms with Crippen LogP contribution in [-0.2, 0) is 0 Å². The van der Waals surface area contributed by atoms with Crippen LogP contribution in [0.4, 0.5) is 5.69 Å². The summed E-state index contributed by atoms with van der Waals surface area (Å²) >= 11 is 0. The first-order valence-corrected chi connectivity index (χ1v) is 8.08. The molecule has 2 heterocycles. The lowest BCUT2D eigenvalue weighted by atomic mass is 9.97. The maximum Gasteiger partial charge on any atom is 0.187 e. The molecule has 0 N–H and O–H groups in total. The average Bonchev–Trinajstić information content (AvgIpc) is 3.17. The molecule has 0 radical (unpaired) electrons. The van der Waals surface area contributed by atoms with Crippen molar-refractivity contribution in [2.75, 3.05) is 0 Å². The molecule has 0 atom stereocenters. The number of rotatable bonds is 3. The molecule has 0 saturated heterocycles.